The number of hydrogen-bond donors (Lipinski definition) is 1. The van der Waals surface area contributed by atoms with E-state index in [1.54, 1.807) is 7.11 Å². The second-order valence-corrected chi connectivity index (χ2v) is 5.07. The average molecular weight is 239 g/mol. The quantitative estimate of drug-likeness (QED) is 0.845. The molecule has 0 radical (unpaired) electrons. The molecule has 2 rings (SSSR count). The van der Waals surface area contributed by atoms with Gasteiger partial charge in [-0.05, 0) is 33.1 Å². The number of rotatable bonds is 5. The summed E-state index contributed by atoms with van der Waals surface area (Å²) in [4.78, 5) is 0. The van der Waals surface area contributed by atoms with Gasteiger partial charge in [-0.25, -0.2) is 0 Å². The fraction of sp³-hybridized carbons (Fsp3) is 0.833. The van der Waals surface area contributed by atoms with E-state index in [2.05, 4.69) is 24.0 Å². The lowest BCUT2D eigenvalue weighted by atomic mass is 9.77. The summed E-state index contributed by atoms with van der Waals surface area (Å²) in [6.45, 7) is 4.09. The van der Waals surface area contributed by atoms with Gasteiger partial charge >= 0.3 is 0 Å². The molecule has 0 amide bonds. The molecule has 1 aromatic heterocycles. The molecular formula is C12H21N3O2. The molecule has 0 bridgehead atoms. The minimum absolute atomic E-state index is 0.0492. The van der Waals surface area contributed by atoms with Crippen molar-refractivity contribution in [3.63, 3.8) is 0 Å². The van der Waals surface area contributed by atoms with Gasteiger partial charge in [0.2, 0.25) is 0 Å². The van der Waals surface area contributed by atoms with Crippen LogP contribution in [0.2, 0.25) is 0 Å². The van der Waals surface area contributed by atoms with Crippen molar-refractivity contribution in [2.24, 2.45) is 0 Å². The van der Waals surface area contributed by atoms with Crippen molar-refractivity contribution < 1.29 is 9.84 Å². The van der Waals surface area contributed by atoms with Crippen LogP contribution < -0.4 is 0 Å². The third-order valence-electron chi connectivity index (χ3n) is 3.67. The largest absolute Gasteiger partial charge is 0.388 e. The maximum atomic E-state index is 9.25. The molecule has 17 heavy (non-hydrogen) atoms. The summed E-state index contributed by atoms with van der Waals surface area (Å²) >= 11 is 0. The summed E-state index contributed by atoms with van der Waals surface area (Å²) in [5.74, 6) is 1.56. The SMILES string of the molecule is COC1(Cc2nnc(CO)n2C(C)C)CCC1. The molecule has 0 unspecified atom stereocenters. The zero-order valence-corrected chi connectivity index (χ0v) is 10.8. The Labute approximate surface area is 102 Å². The van der Waals surface area contributed by atoms with Crippen LogP contribution in [0, 0.1) is 0 Å². The lowest BCUT2D eigenvalue weighted by Gasteiger charge is -2.40. The van der Waals surface area contributed by atoms with E-state index in [4.69, 9.17) is 4.74 Å². The molecule has 96 valence electrons. The third-order valence-corrected chi connectivity index (χ3v) is 3.67. The number of methoxy groups -OCH3 is 1. The number of aromatic nitrogens is 3. The predicted molar refractivity (Wildman–Crippen MR) is 63.6 cm³/mol. The maximum Gasteiger partial charge on any atom is 0.159 e. The molecule has 0 saturated heterocycles. The van der Waals surface area contributed by atoms with Gasteiger partial charge in [-0.2, -0.15) is 0 Å². The first-order valence-corrected chi connectivity index (χ1v) is 6.20. The molecule has 0 aliphatic heterocycles. The van der Waals surface area contributed by atoms with Gasteiger partial charge in [-0.15, -0.1) is 10.2 Å². The van der Waals surface area contributed by atoms with Gasteiger partial charge in [0.1, 0.15) is 12.4 Å². The van der Waals surface area contributed by atoms with Crippen LogP contribution in [0.5, 0.6) is 0 Å². The Morgan fingerprint density at radius 2 is 2.00 bits per heavy atom. The van der Waals surface area contributed by atoms with Crippen molar-refractivity contribution in [1.82, 2.24) is 14.8 Å². The molecule has 1 aliphatic rings. The second kappa shape index (κ2) is 4.74. The van der Waals surface area contributed by atoms with E-state index in [0.29, 0.717) is 5.82 Å². The van der Waals surface area contributed by atoms with Crippen LogP contribution in [-0.2, 0) is 17.8 Å². The highest BCUT2D eigenvalue weighted by atomic mass is 16.5. The molecule has 1 saturated carbocycles. The van der Waals surface area contributed by atoms with E-state index in [0.717, 1.165) is 25.1 Å². The lowest BCUT2D eigenvalue weighted by Crippen LogP contribution is -2.42. The van der Waals surface area contributed by atoms with Gasteiger partial charge in [-0.3, -0.25) is 0 Å². The number of aliphatic hydroxyl groups excluding tert-OH is 1. The highest BCUT2D eigenvalue weighted by Crippen LogP contribution is 2.38. The van der Waals surface area contributed by atoms with Crippen molar-refractivity contribution >= 4 is 0 Å². The number of nitrogens with zero attached hydrogens (tertiary/aromatic N) is 3. The Bertz CT molecular complexity index is 378. The molecule has 5 heteroatoms. The van der Waals surface area contributed by atoms with Crippen molar-refractivity contribution in [1.29, 1.82) is 0 Å². The first-order valence-electron chi connectivity index (χ1n) is 6.20. The Morgan fingerprint density at radius 3 is 2.41 bits per heavy atom. The van der Waals surface area contributed by atoms with E-state index in [9.17, 15) is 5.11 Å². The maximum absolute atomic E-state index is 9.25. The van der Waals surface area contributed by atoms with Crippen LogP contribution in [0.4, 0.5) is 0 Å². The van der Waals surface area contributed by atoms with Gasteiger partial charge in [0.05, 0.1) is 5.60 Å². The van der Waals surface area contributed by atoms with E-state index in [1.807, 2.05) is 4.57 Å². The Morgan fingerprint density at radius 1 is 1.35 bits per heavy atom. The minimum atomic E-state index is -0.0643. The molecule has 0 aromatic carbocycles. The summed E-state index contributed by atoms with van der Waals surface area (Å²) in [6.07, 6.45) is 4.18. The van der Waals surface area contributed by atoms with Gasteiger partial charge in [0, 0.05) is 19.6 Å². The van der Waals surface area contributed by atoms with Crippen molar-refractivity contribution in [2.45, 2.75) is 57.8 Å². The number of aliphatic hydroxyl groups is 1. The monoisotopic (exact) mass is 239 g/mol. The molecule has 1 N–H and O–H groups in total. The summed E-state index contributed by atoms with van der Waals surface area (Å²) in [5, 5.41) is 17.5. The van der Waals surface area contributed by atoms with Crippen LogP contribution in [0.25, 0.3) is 0 Å². The zero-order chi connectivity index (χ0) is 12.5. The molecule has 1 aliphatic carbocycles. The molecule has 5 nitrogen and oxygen atoms in total. The van der Waals surface area contributed by atoms with Crippen LogP contribution in [-0.4, -0.2) is 32.6 Å². The summed E-state index contributed by atoms with van der Waals surface area (Å²) in [6, 6.07) is 0.260. The zero-order valence-electron chi connectivity index (χ0n) is 10.8. The summed E-state index contributed by atoms with van der Waals surface area (Å²) < 4.78 is 7.62. The van der Waals surface area contributed by atoms with E-state index in [1.165, 1.54) is 6.42 Å². The Balaban J connectivity index is 2.23. The predicted octanol–water partition coefficient (Wildman–Crippen LogP) is 1.46. The molecule has 0 atom stereocenters. The molecule has 1 fully saturated rings. The number of hydrogen-bond acceptors (Lipinski definition) is 4. The standard InChI is InChI=1S/C12H21N3O2/c1-9(2)15-10(13-14-11(15)8-16)7-12(17-3)5-4-6-12/h9,16H,4-8H2,1-3H3. The summed E-state index contributed by atoms with van der Waals surface area (Å²) in [7, 11) is 1.77. The fourth-order valence-corrected chi connectivity index (χ4v) is 2.50. The highest BCUT2D eigenvalue weighted by molar-refractivity contribution is 5.04. The fourth-order valence-electron chi connectivity index (χ4n) is 2.50. The second-order valence-electron chi connectivity index (χ2n) is 5.07. The average Bonchev–Trinajstić information content (AvgIpc) is 2.66. The first-order chi connectivity index (χ1) is 8.12. The van der Waals surface area contributed by atoms with Gasteiger partial charge in [0.25, 0.3) is 0 Å². The molecule has 0 spiro atoms. The van der Waals surface area contributed by atoms with E-state index in [-0.39, 0.29) is 18.2 Å². The topological polar surface area (TPSA) is 60.2 Å². The van der Waals surface area contributed by atoms with Crippen LogP contribution in [0.3, 0.4) is 0 Å². The highest BCUT2D eigenvalue weighted by Gasteiger charge is 2.38. The third kappa shape index (κ3) is 2.21. The van der Waals surface area contributed by atoms with Crippen LogP contribution in [0.1, 0.15) is 50.8 Å². The van der Waals surface area contributed by atoms with Crippen molar-refractivity contribution in [3.05, 3.63) is 11.6 Å². The van der Waals surface area contributed by atoms with Crippen LogP contribution in [0.15, 0.2) is 0 Å². The van der Waals surface area contributed by atoms with Gasteiger partial charge < -0.3 is 14.4 Å². The Hall–Kier alpha value is -0.940. The van der Waals surface area contributed by atoms with Crippen molar-refractivity contribution in [2.75, 3.05) is 7.11 Å². The smallest absolute Gasteiger partial charge is 0.159 e. The Kier molecular flexibility index (Phi) is 3.49. The van der Waals surface area contributed by atoms with E-state index >= 15 is 0 Å². The molecular weight excluding hydrogens is 218 g/mol. The van der Waals surface area contributed by atoms with Gasteiger partial charge in [0.15, 0.2) is 5.82 Å². The van der Waals surface area contributed by atoms with Gasteiger partial charge in [-0.1, -0.05) is 0 Å². The molecule has 1 heterocycles. The summed E-state index contributed by atoms with van der Waals surface area (Å²) in [5.41, 5.74) is -0.0492. The van der Waals surface area contributed by atoms with Crippen molar-refractivity contribution in [3.8, 4) is 0 Å². The van der Waals surface area contributed by atoms with E-state index < -0.39 is 0 Å². The lowest BCUT2D eigenvalue weighted by molar-refractivity contribution is -0.0727. The normalized spacial score (nSPS) is 18.4. The minimum Gasteiger partial charge on any atom is -0.388 e. The first kappa shape index (κ1) is 12.5. The number of ether oxygens (including phenoxy) is 1. The molecule has 1 aromatic rings. The van der Waals surface area contributed by atoms with Crippen LogP contribution >= 0.6 is 0 Å².